The Morgan fingerprint density at radius 3 is 2.72 bits per heavy atom. The highest BCUT2D eigenvalue weighted by Crippen LogP contribution is 2.15. The normalized spacial score (nSPS) is 24.6. The van der Waals surface area contributed by atoms with E-state index < -0.39 is 28.1 Å². The minimum atomic E-state index is -3.64. The molecule has 0 amide bonds. The predicted octanol–water partition coefficient (Wildman–Crippen LogP) is -0.348. The number of carboxylic acids is 1. The van der Waals surface area contributed by atoms with Crippen molar-refractivity contribution in [3.05, 3.63) is 0 Å². The Morgan fingerprint density at radius 1 is 1.50 bits per heavy atom. The largest absolute Gasteiger partial charge is 0.481 e. The second kappa shape index (κ2) is 6.46. The zero-order valence-corrected chi connectivity index (χ0v) is 11.4. The van der Waals surface area contributed by atoms with Gasteiger partial charge in [-0.15, -0.1) is 0 Å². The molecule has 0 aromatic carbocycles. The van der Waals surface area contributed by atoms with E-state index in [0.29, 0.717) is 6.54 Å². The second-order valence-corrected chi connectivity index (χ2v) is 6.20. The number of rotatable bonds is 7. The SMILES string of the molecule is CCCCN(C)S(=O)(=O)NC1COCC1C(=O)O. The van der Waals surface area contributed by atoms with Crippen LogP contribution in [0.15, 0.2) is 0 Å². The number of aliphatic carboxylic acids is 1. The van der Waals surface area contributed by atoms with Gasteiger partial charge in [-0.3, -0.25) is 4.79 Å². The van der Waals surface area contributed by atoms with Crippen LogP contribution in [-0.2, 0) is 19.7 Å². The van der Waals surface area contributed by atoms with Gasteiger partial charge in [0.15, 0.2) is 0 Å². The summed E-state index contributed by atoms with van der Waals surface area (Å²) in [6.45, 7) is 2.52. The summed E-state index contributed by atoms with van der Waals surface area (Å²) in [6.07, 6.45) is 1.66. The smallest absolute Gasteiger partial charge is 0.310 e. The summed E-state index contributed by atoms with van der Waals surface area (Å²) in [5.74, 6) is -1.87. The third-order valence-electron chi connectivity index (χ3n) is 2.93. The molecule has 1 saturated heterocycles. The molecule has 2 N–H and O–H groups in total. The highest BCUT2D eigenvalue weighted by molar-refractivity contribution is 7.87. The number of hydrogen-bond donors (Lipinski definition) is 2. The van der Waals surface area contributed by atoms with Crippen molar-refractivity contribution in [2.24, 2.45) is 5.92 Å². The van der Waals surface area contributed by atoms with Crippen LogP contribution in [0.2, 0.25) is 0 Å². The molecular formula is C10H20N2O5S. The molecule has 0 bridgehead atoms. The first-order valence-corrected chi connectivity index (χ1v) is 7.36. The van der Waals surface area contributed by atoms with Gasteiger partial charge in [-0.25, -0.2) is 0 Å². The number of unbranched alkanes of at least 4 members (excludes halogenated alkanes) is 1. The summed E-state index contributed by atoms with van der Waals surface area (Å²) in [6, 6.07) is -0.698. The number of nitrogens with zero attached hydrogens (tertiary/aromatic N) is 1. The predicted molar refractivity (Wildman–Crippen MR) is 65.3 cm³/mol. The Bertz CT molecular complexity index is 384. The van der Waals surface area contributed by atoms with Crippen molar-refractivity contribution < 1.29 is 23.1 Å². The van der Waals surface area contributed by atoms with Gasteiger partial charge in [0.05, 0.1) is 25.2 Å². The Labute approximate surface area is 107 Å². The van der Waals surface area contributed by atoms with Gasteiger partial charge >= 0.3 is 5.97 Å². The van der Waals surface area contributed by atoms with Crippen molar-refractivity contribution >= 4 is 16.2 Å². The zero-order chi connectivity index (χ0) is 13.8. The summed E-state index contributed by atoms with van der Waals surface area (Å²) in [7, 11) is -2.17. The fourth-order valence-electron chi connectivity index (χ4n) is 1.70. The van der Waals surface area contributed by atoms with Gasteiger partial charge in [-0.05, 0) is 6.42 Å². The van der Waals surface area contributed by atoms with E-state index >= 15 is 0 Å². The molecule has 1 rings (SSSR count). The molecule has 0 aliphatic carbocycles. The summed E-state index contributed by atoms with van der Waals surface area (Å²) in [4.78, 5) is 10.9. The standard InChI is InChI=1S/C10H20N2O5S/c1-3-4-5-12(2)18(15,16)11-9-7-17-6-8(9)10(13)14/h8-9,11H,3-7H2,1-2H3,(H,13,14). The van der Waals surface area contributed by atoms with E-state index in [0.717, 1.165) is 12.8 Å². The van der Waals surface area contributed by atoms with Gasteiger partial charge in [0, 0.05) is 13.6 Å². The molecule has 2 unspecified atom stereocenters. The number of carbonyl (C=O) groups is 1. The van der Waals surface area contributed by atoms with Crippen molar-refractivity contribution in [3.63, 3.8) is 0 Å². The van der Waals surface area contributed by atoms with Crippen LogP contribution in [0.1, 0.15) is 19.8 Å². The molecule has 2 atom stereocenters. The Hall–Kier alpha value is -0.700. The van der Waals surface area contributed by atoms with E-state index in [1.165, 1.54) is 11.4 Å². The molecule has 0 aromatic heterocycles. The Morgan fingerprint density at radius 2 is 2.17 bits per heavy atom. The van der Waals surface area contributed by atoms with Crippen molar-refractivity contribution in [1.29, 1.82) is 0 Å². The fraction of sp³-hybridized carbons (Fsp3) is 0.900. The molecule has 0 aromatic rings. The van der Waals surface area contributed by atoms with E-state index in [1.54, 1.807) is 0 Å². The van der Waals surface area contributed by atoms with Crippen LogP contribution in [0.5, 0.6) is 0 Å². The second-order valence-electron chi connectivity index (χ2n) is 4.39. The molecule has 0 saturated carbocycles. The van der Waals surface area contributed by atoms with E-state index in [4.69, 9.17) is 9.84 Å². The summed E-state index contributed by atoms with van der Waals surface area (Å²) < 4.78 is 32.5. The summed E-state index contributed by atoms with van der Waals surface area (Å²) >= 11 is 0. The molecule has 1 aliphatic heterocycles. The molecule has 0 spiro atoms. The molecular weight excluding hydrogens is 260 g/mol. The van der Waals surface area contributed by atoms with Crippen LogP contribution < -0.4 is 4.72 Å². The molecule has 18 heavy (non-hydrogen) atoms. The highest BCUT2D eigenvalue weighted by Gasteiger charge is 2.37. The minimum absolute atomic E-state index is 0.0429. The molecule has 0 radical (unpaired) electrons. The van der Waals surface area contributed by atoms with Crippen LogP contribution in [0.3, 0.4) is 0 Å². The lowest BCUT2D eigenvalue weighted by molar-refractivity contribution is -0.142. The lowest BCUT2D eigenvalue weighted by Gasteiger charge is -2.21. The zero-order valence-electron chi connectivity index (χ0n) is 10.6. The van der Waals surface area contributed by atoms with Gasteiger partial charge in [0.1, 0.15) is 0 Å². The average Bonchev–Trinajstić information content (AvgIpc) is 2.73. The maximum atomic E-state index is 11.9. The van der Waals surface area contributed by atoms with Crippen molar-refractivity contribution in [1.82, 2.24) is 9.03 Å². The van der Waals surface area contributed by atoms with Gasteiger partial charge in [0.25, 0.3) is 10.2 Å². The van der Waals surface area contributed by atoms with Gasteiger partial charge in [-0.1, -0.05) is 13.3 Å². The van der Waals surface area contributed by atoms with E-state index in [9.17, 15) is 13.2 Å². The quantitative estimate of drug-likeness (QED) is 0.664. The molecule has 1 fully saturated rings. The fourth-order valence-corrected chi connectivity index (χ4v) is 2.86. The lowest BCUT2D eigenvalue weighted by Crippen LogP contribution is -2.48. The van der Waals surface area contributed by atoms with Crippen LogP contribution in [0.25, 0.3) is 0 Å². The van der Waals surface area contributed by atoms with Gasteiger partial charge in [0.2, 0.25) is 0 Å². The lowest BCUT2D eigenvalue weighted by atomic mass is 10.1. The third kappa shape index (κ3) is 3.91. The number of hydrogen-bond acceptors (Lipinski definition) is 4. The monoisotopic (exact) mass is 280 g/mol. The van der Waals surface area contributed by atoms with Crippen LogP contribution in [0, 0.1) is 5.92 Å². The van der Waals surface area contributed by atoms with E-state index in [2.05, 4.69) is 4.72 Å². The topological polar surface area (TPSA) is 95.9 Å². The summed E-state index contributed by atoms with van der Waals surface area (Å²) in [5, 5.41) is 8.93. The van der Waals surface area contributed by atoms with Crippen LogP contribution in [0.4, 0.5) is 0 Å². The van der Waals surface area contributed by atoms with E-state index in [-0.39, 0.29) is 13.2 Å². The Balaban J connectivity index is 2.62. The van der Waals surface area contributed by atoms with Crippen molar-refractivity contribution in [2.75, 3.05) is 26.8 Å². The molecule has 7 nitrogen and oxygen atoms in total. The average molecular weight is 280 g/mol. The van der Waals surface area contributed by atoms with Crippen molar-refractivity contribution in [3.8, 4) is 0 Å². The number of nitrogens with one attached hydrogen (secondary N) is 1. The molecule has 106 valence electrons. The number of carboxylic acid groups (broad SMARTS) is 1. The maximum Gasteiger partial charge on any atom is 0.310 e. The van der Waals surface area contributed by atoms with Gasteiger partial charge < -0.3 is 9.84 Å². The molecule has 1 aliphatic rings. The first-order valence-electron chi connectivity index (χ1n) is 5.92. The van der Waals surface area contributed by atoms with Gasteiger partial charge in [-0.2, -0.15) is 17.4 Å². The Kier molecular flexibility index (Phi) is 5.51. The van der Waals surface area contributed by atoms with Crippen LogP contribution >= 0.6 is 0 Å². The number of ether oxygens (including phenoxy) is 1. The minimum Gasteiger partial charge on any atom is -0.481 e. The van der Waals surface area contributed by atoms with Crippen LogP contribution in [-0.4, -0.2) is 56.6 Å². The third-order valence-corrected chi connectivity index (χ3v) is 4.54. The molecule has 8 heteroatoms. The first kappa shape index (κ1) is 15.4. The van der Waals surface area contributed by atoms with Crippen molar-refractivity contribution in [2.45, 2.75) is 25.8 Å². The van der Waals surface area contributed by atoms with E-state index in [1.807, 2.05) is 6.92 Å². The molecule has 1 heterocycles. The maximum absolute atomic E-state index is 11.9. The summed E-state index contributed by atoms with van der Waals surface area (Å²) in [5.41, 5.74) is 0. The highest BCUT2D eigenvalue weighted by atomic mass is 32.2. The first-order chi connectivity index (χ1) is 8.38.